The minimum absolute atomic E-state index is 0.253. The molecule has 0 saturated heterocycles. The fraction of sp³-hybridized carbons (Fsp3) is 0.800. The Morgan fingerprint density at radius 3 is 2.53 bits per heavy atom. The van der Waals surface area contributed by atoms with Crippen LogP contribution in [-0.4, -0.2) is 44.5 Å². The second kappa shape index (κ2) is 7.30. The van der Waals surface area contributed by atoms with Crippen molar-refractivity contribution in [1.82, 2.24) is 5.32 Å². The molecule has 0 aromatic heterocycles. The highest BCUT2D eigenvalue weighted by Crippen LogP contribution is 2.06. The highest BCUT2D eigenvalue weighted by atomic mass is 32.2. The minimum Gasteiger partial charge on any atom is -0.311 e. The van der Waals surface area contributed by atoms with Gasteiger partial charge in [-0.1, -0.05) is 26.0 Å². The number of hydrogen-bond acceptors (Lipinski definition) is 4. The van der Waals surface area contributed by atoms with Crippen molar-refractivity contribution >= 4 is 21.6 Å². The van der Waals surface area contributed by atoms with E-state index in [4.69, 9.17) is 0 Å². The van der Waals surface area contributed by atoms with E-state index < -0.39 is 9.84 Å². The van der Waals surface area contributed by atoms with E-state index in [2.05, 4.69) is 25.7 Å². The number of thioether (sulfide) groups is 1. The van der Waals surface area contributed by atoms with Gasteiger partial charge in [0.05, 0.1) is 5.75 Å². The zero-order chi connectivity index (χ0) is 11.9. The van der Waals surface area contributed by atoms with Gasteiger partial charge in [-0.05, 0) is 0 Å². The summed E-state index contributed by atoms with van der Waals surface area (Å²) in [5.74, 6) is 1.73. The summed E-state index contributed by atoms with van der Waals surface area (Å²) >= 11 is 1.62. The van der Waals surface area contributed by atoms with E-state index in [-0.39, 0.29) is 5.75 Å². The molecule has 0 atom stereocenters. The van der Waals surface area contributed by atoms with E-state index in [0.29, 0.717) is 11.8 Å². The van der Waals surface area contributed by atoms with Crippen LogP contribution in [0.25, 0.3) is 0 Å². The highest BCUT2D eigenvalue weighted by molar-refractivity contribution is 8.00. The first-order chi connectivity index (χ1) is 6.81. The zero-order valence-electron chi connectivity index (χ0n) is 9.75. The maximum atomic E-state index is 10.8. The van der Waals surface area contributed by atoms with Gasteiger partial charge in [0.1, 0.15) is 9.84 Å². The van der Waals surface area contributed by atoms with E-state index in [9.17, 15) is 8.42 Å². The Balaban J connectivity index is 3.48. The third kappa shape index (κ3) is 11.9. The first kappa shape index (κ1) is 15.0. The van der Waals surface area contributed by atoms with E-state index in [1.54, 1.807) is 11.8 Å². The average Bonchev–Trinajstić information content (AvgIpc) is 2.07. The summed E-state index contributed by atoms with van der Waals surface area (Å²) in [7, 11) is -2.81. The molecule has 0 spiro atoms. The lowest BCUT2D eigenvalue weighted by Crippen LogP contribution is -2.25. The van der Waals surface area contributed by atoms with Gasteiger partial charge in [-0.15, -0.1) is 0 Å². The molecule has 0 unspecified atom stereocenters. The molecule has 90 valence electrons. The molecule has 0 aromatic carbocycles. The van der Waals surface area contributed by atoms with Crippen LogP contribution in [0.1, 0.15) is 13.8 Å². The molecule has 0 aliphatic rings. The van der Waals surface area contributed by atoms with E-state index in [1.165, 1.54) is 6.26 Å². The van der Waals surface area contributed by atoms with Crippen molar-refractivity contribution in [2.75, 3.05) is 30.1 Å². The molecule has 0 aliphatic heterocycles. The van der Waals surface area contributed by atoms with Crippen molar-refractivity contribution in [2.24, 2.45) is 0 Å². The number of nitrogens with one attached hydrogen (secondary N) is 1. The van der Waals surface area contributed by atoms with Crippen LogP contribution in [0.5, 0.6) is 0 Å². The number of hydrogen-bond donors (Lipinski definition) is 1. The van der Waals surface area contributed by atoms with Gasteiger partial charge in [0.25, 0.3) is 0 Å². The summed E-state index contributed by atoms with van der Waals surface area (Å²) in [4.78, 5) is 0. The van der Waals surface area contributed by atoms with Crippen LogP contribution >= 0.6 is 11.8 Å². The second-order valence-corrected chi connectivity index (χ2v) is 7.33. The Morgan fingerprint density at radius 1 is 1.47 bits per heavy atom. The Morgan fingerprint density at radius 2 is 2.07 bits per heavy atom. The van der Waals surface area contributed by atoms with Gasteiger partial charge >= 0.3 is 0 Å². The van der Waals surface area contributed by atoms with Gasteiger partial charge in [0.15, 0.2) is 0 Å². The van der Waals surface area contributed by atoms with Crippen LogP contribution in [0.3, 0.4) is 0 Å². The molecule has 0 radical (unpaired) electrons. The minimum atomic E-state index is -2.81. The molecule has 0 aliphatic carbocycles. The predicted molar refractivity (Wildman–Crippen MR) is 69.3 cm³/mol. The van der Waals surface area contributed by atoms with Crippen LogP contribution in [-0.2, 0) is 9.84 Å². The average molecular weight is 251 g/mol. The lowest BCUT2D eigenvalue weighted by atomic mass is 10.3. The van der Waals surface area contributed by atoms with Gasteiger partial charge in [-0.3, -0.25) is 0 Å². The molecular weight excluding hydrogens is 230 g/mol. The summed E-state index contributed by atoms with van der Waals surface area (Å²) in [6.45, 7) is 8.91. The molecule has 1 N–H and O–H groups in total. The quantitative estimate of drug-likeness (QED) is 0.522. The van der Waals surface area contributed by atoms with Gasteiger partial charge in [-0.25, -0.2) is 8.42 Å². The summed E-state index contributed by atoms with van der Waals surface area (Å²) in [5.41, 5.74) is 1.11. The molecule has 0 fully saturated rings. The van der Waals surface area contributed by atoms with Crippen LogP contribution in [0.2, 0.25) is 0 Å². The van der Waals surface area contributed by atoms with Crippen molar-refractivity contribution in [1.29, 1.82) is 0 Å². The Bertz CT molecular complexity index is 284. The summed E-state index contributed by atoms with van der Waals surface area (Å²) in [6, 6.07) is 0.461. The molecule has 0 bridgehead atoms. The fourth-order valence-electron chi connectivity index (χ4n) is 0.826. The molecular formula is C10H21NO2S2. The molecule has 15 heavy (non-hydrogen) atoms. The van der Waals surface area contributed by atoms with Crippen molar-refractivity contribution < 1.29 is 8.42 Å². The van der Waals surface area contributed by atoms with Gasteiger partial charge < -0.3 is 5.32 Å². The predicted octanol–water partition coefficient (Wildman–Crippen LogP) is 1.32. The number of sulfone groups is 1. The molecule has 3 nitrogen and oxygen atoms in total. The third-order valence-corrected chi connectivity index (χ3v) is 3.97. The number of rotatable bonds is 8. The van der Waals surface area contributed by atoms with Gasteiger partial charge in [0.2, 0.25) is 0 Å². The molecule has 0 saturated carbocycles. The normalized spacial score (nSPS) is 12.0. The second-order valence-electron chi connectivity index (χ2n) is 3.97. The SMILES string of the molecule is C=C(CNC(C)C)CSCCS(C)(=O)=O. The van der Waals surface area contributed by atoms with Crippen molar-refractivity contribution in [2.45, 2.75) is 19.9 Å². The highest BCUT2D eigenvalue weighted by Gasteiger charge is 2.02. The third-order valence-electron chi connectivity index (χ3n) is 1.66. The van der Waals surface area contributed by atoms with Gasteiger partial charge in [0, 0.05) is 30.3 Å². The summed E-state index contributed by atoms with van der Waals surface area (Å²) in [6.07, 6.45) is 1.27. The first-order valence-corrected chi connectivity index (χ1v) is 8.18. The largest absolute Gasteiger partial charge is 0.311 e. The molecule has 5 heteroatoms. The molecule has 0 rings (SSSR count). The van der Waals surface area contributed by atoms with Crippen molar-refractivity contribution in [3.63, 3.8) is 0 Å². The molecule has 0 aromatic rings. The topological polar surface area (TPSA) is 46.2 Å². The smallest absolute Gasteiger partial charge is 0.148 e. The maximum Gasteiger partial charge on any atom is 0.148 e. The van der Waals surface area contributed by atoms with Gasteiger partial charge in [-0.2, -0.15) is 11.8 Å². The van der Waals surface area contributed by atoms with E-state index in [0.717, 1.165) is 17.9 Å². The molecule has 0 heterocycles. The standard InChI is InChI=1S/C10H21NO2S2/c1-9(2)11-7-10(3)8-14-5-6-15(4,12)13/h9,11H,3,5-8H2,1-2,4H3. The Kier molecular flexibility index (Phi) is 7.30. The van der Waals surface area contributed by atoms with E-state index in [1.807, 2.05) is 0 Å². The maximum absolute atomic E-state index is 10.8. The fourth-order valence-corrected chi connectivity index (χ4v) is 3.04. The zero-order valence-corrected chi connectivity index (χ0v) is 11.4. The Hall–Kier alpha value is -0.0000000000000000555. The summed E-state index contributed by atoms with van der Waals surface area (Å²) in [5, 5.41) is 3.27. The van der Waals surface area contributed by atoms with Crippen LogP contribution in [0.4, 0.5) is 0 Å². The van der Waals surface area contributed by atoms with Crippen LogP contribution < -0.4 is 5.32 Å². The van der Waals surface area contributed by atoms with Crippen LogP contribution in [0, 0.1) is 0 Å². The molecule has 0 amide bonds. The Labute approximate surface area is 97.6 Å². The lowest BCUT2D eigenvalue weighted by molar-refractivity contribution is 0.603. The summed E-state index contributed by atoms with van der Waals surface area (Å²) < 4.78 is 21.7. The first-order valence-electron chi connectivity index (χ1n) is 4.97. The van der Waals surface area contributed by atoms with Crippen molar-refractivity contribution in [3.8, 4) is 0 Å². The van der Waals surface area contributed by atoms with E-state index >= 15 is 0 Å². The van der Waals surface area contributed by atoms with Crippen molar-refractivity contribution in [3.05, 3.63) is 12.2 Å². The lowest BCUT2D eigenvalue weighted by Gasteiger charge is -2.09. The monoisotopic (exact) mass is 251 g/mol. The van der Waals surface area contributed by atoms with Crippen LogP contribution in [0.15, 0.2) is 12.2 Å².